The average Bonchev–Trinajstić information content (AvgIpc) is 3.12. The highest BCUT2D eigenvalue weighted by Gasteiger charge is 2.36. The highest BCUT2D eigenvalue weighted by atomic mass is 16.4. The number of aryl methyl sites for hydroxylation is 1. The molecule has 0 unspecified atom stereocenters. The van der Waals surface area contributed by atoms with Crippen LogP contribution in [0.2, 0.25) is 0 Å². The molecule has 0 spiro atoms. The molecule has 0 aromatic carbocycles. The van der Waals surface area contributed by atoms with Gasteiger partial charge in [0.05, 0.1) is 24.0 Å². The number of H-pyrrole nitrogens is 1. The Morgan fingerprint density at radius 3 is 2.96 bits per heavy atom. The molecule has 8 heteroatoms. The Morgan fingerprint density at radius 2 is 2.26 bits per heavy atom. The highest BCUT2D eigenvalue weighted by Crippen LogP contribution is 2.34. The second-order valence-corrected chi connectivity index (χ2v) is 5.97. The number of hydrogen-bond donors (Lipinski definition) is 3. The summed E-state index contributed by atoms with van der Waals surface area (Å²) in [6.45, 7) is 3.65. The fourth-order valence-electron chi connectivity index (χ4n) is 3.18. The predicted octanol–water partition coefficient (Wildman–Crippen LogP) is 0.904. The maximum atomic E-state index is 11.1. The van der Waals surface area contributed by atoms with Crippen LogP contribution in [-0.4, -0.2) is 54.6 Å². The number of carboxylic acid groups (broad SMARTS) is 1. The van der Waals surface area contributed by atoms with Crippen LogP contribution in [0.3, 0.4) is 0 Å². The molecule has 0 amide bonds. The van der Waals surface area contributed by atoms with Crippen molar-refractivity contribution >= 4 is 5.97 Å². The molecule has 1 aliphatic rings. The summed E-state index contributed by atoms with van der Waals surface area (Å²) in [5.41, 5.74) is 2.23. The molecule has 1 aliphatic heterocycles. The van der Waals surface area contributed by atoms with Crippen LogP contribution in [0.1, 0.15) is 29.4 Å². The summed E-state index contributed by atoms with van der Waals surface area (Å²) < 4.78 is 0. The maximum Gasteiger partial charge on any atom is 0.303 e. The topological polar surface area (TPSA) is 115 Å². The third-order valence-electron chi connectivity index (χ3n) is 4.23. The van der Waals surface area contributed by atoms with Gasteiger partial charge < -0.3 is 10.2 Å². The number of carboxylic acids is 1. The number of aromatic hydroxyl groups is 1. The minimum absolute atomic E-state index is 0.0109. The van der Waals surface area contributed by atoms with E-state index in [4.69, 9.17) is 5.11 Å². The number of rotatable bonds is 5. The monoisotopic (exact) mass is 317 g/mol. The molecule has 0 aliphatic carbocycles. The van der Waals surface area contributed by atoms with Crippen LogP contribution in [0, 0.1) is 12.8 Å². The summed E-state index contributed by atoms with van der Waals surface area (Å²) in [6, 6.07) is 3.39. The first-order chi connectivity index (χ1) is 11.0. The lowest BCUT2D eigenvalue weighted by Crippen LogP contribution is -2.21. The molecule has 2 aromatic rings. The summed E-state index contributed by atoms with van der Waals surface area (Å²) in [7, 11) is 0. The average molecular weight is 317 g/mol. The Labute approximate surface area is 133 Å². The van der Waals surface area contributed by atoms with Gasteiger partial charge in [0.15, 0.2) is 0 Å². The zero-order valence-corrected chi connectivity index (χ0v) is 12.8. The summed E-state index contributed by atoms with van der Waals surface area (Å²) in [6.07, 6.45) is 1.73. The Morgan fingerprint density at radius 1 is 1.43 bits per heavy atom. The molecule has 0 radical (unpaired) electrons. The molecule has 23 heavy (non-hydrogen) atoms. The fourth-order valence-corrected chi connectivity index (χ4v) is 3.18. The molecule has 0 saturated carbocycles. The van der Waals surface area contributed by atoms with E-state index in [2.05, 4.69) is 25.3 Å². The number of pyridine rings is 1. The third-order valence-corrected chi connectivity index (χ3v) is 4.23. The highest BCUT2D eigenvalue weighted by molar-refractivity contribution is 5.67. The van der Waals surface area contributed by atoms with E-state index in [1.807, 2.05) is 6.92 Å². The number of likely N-dealkylation sites (tertiary alicyclic amines) is 1. The van der Waals surface area contributed by atoms with Gasteiger partial charge in [-0.1, -0.05) is 0 Å². The van der Waals surface area contributed by atoms with E-state index in [1.165, 1.54) is 0 Å². The molecule has 0 bridgehead atoms. The van der Waals surface area contributed by atoms with Crippen molar-refractivity contribution < 1.29 is 15.0 Å². The molecule has 3 heterocycles. The number of carbonyl (C=O) groups is 1. The molecular weight excluding hydrogens is 298 g/mol. The van der Waals surface area contributed by atoms with Gasteiger partial charge in [0.1, 0.15) is 5.75 Å². The molecule has 1 fully saturated rings. The normalized spacial score (nSPS) is 21.6. The quantitative estimate of drug-likeness (QED) is 0.750. The van der Waals surface area contributed by atoms with E-state index in [0.717, 1.165) is 11.4 Å². The first-order valence-electron chi connectivity index (χ1n) is 7.48. The Hall–Kier alpha value is -2.48. The fraction of sp³-hybridized carbons (Fsp3) is 0.467. The van der Waals surface area contributed by atoms with Crippen LogP contribution >= 0.6 is 0 Å². The van der Waals surface area contributed by atoms with Crippen LogP contribution in [0.4, 0.5) is 0 Å². The second-order valence-electron chi connectivity index (χ2n) is 5.97. The first kappa shape index (κ1) is 15.4. The van der Waals surface area contributed by atoms with Crippen LogP contribution in [0.5, 0.6) is 5.75 Å². The van der Waals surface area contributed by atoms with Gasteiger partial charge in [-0.3, -0.25) is 14.7 Å². The van der Waals surface area contributed by atoms with Crippen LogP contribution in [0.15, 0.2) is 18.3 Å². The first-order valence-corrected chi connectivity index (χ1v) is 7.48. The molecule has 1 saturated heterocycles. The van der Waals surface area contributed by atoms with E-state index in [9.17, 15) is 9.90 Å². The van der Waals surface area contributed by atoms with Crippen molar-refractivity contribution in [2.24, 2.45) is 5.92 Å². The van der Waals surface area contributed by atoms with Crippen molar-refractivity contribution in [2.45, 2.75) is 25.8 Å². The van der Waals surface area contributed by atoms with Crippen molar-refractivity contribution in [1.82, 2.24) is 25.3 Å². The molecule has 3 N–H and O–H groups in total. The lowest BCUT2D eigenvalue weighted by molar-refractivity contribution is -0.138. The number of nitrogens with one attached hydrogen (secondary N) is 1. The van der Waals surface area contributed by atoms with Gasteiger partial charge in [-0.05, 0) is 25.0 Å². The molecule has 2 aromatic heterocycles. The number of hydrogen-bond acceptors (Lipinski definition) is 6. The Bertz CT molecular complexity index is 688. The second kappa shape index (κ2) is 6.33. The standard InChI is InChI=1S/C15H19N5O3/c1-9-2-3-14(21)13(17-9)8-20-6-10(4-15(22)23)11(7-20)12-5-16-19-18-12/h2-3,5,10-11,21H,4,6-8H2,1H3,(H,22,23)(H,16,18,19)/t10-,11+/m0/s1. The van der Waals surface area contributed by atoms with E-state index >= 15 is 0 Å². The summed E-state index contributed by atoms with van der Waals surface area (Å²) >= 11 is 0. The Balaban J connectivity index is 1.76. The number of aliphatic carboxylic acids is 1. The van der Waals surface area contributed by atoms with E-state index in [1.54, 1.807) is 18.3 Å². The minimum atomic E-state index is -0.818. The summed E-state index contributed by atoms with van der Waals surface area (Å²) in [4.78, 5) is 17.6. The Kier molecular flexibility index (Phi) is 4.24. The van der Waals surface area contributed by atoms with E-state index in [0.29, 0.717) is 25.3 Å². The SMILES string of the molecule is Cc1ccc(O)c(CN2C[C@H](CC(=O)O)[C@H](c3cn[nH]n3)C2)n1. The lowest BCUT2D eigenvalue weighted by Gasteiger charge is -2.16. The number of aromatic nitrogens is 4. The van der Waals surface area contributed by atoms with Gasteiger partial charge >= 0.3 is 5.97 Å². The van der Waals surface area contributed by atoms with Crippen molar-refractivity contribution in [3.8, 4) is 5.75 Å². The molecule has 8 nitrogen and oxygen atoms in total. The van der Waals surface area contributed by atoms with Gasteiger partial charge in [-0.2, -0.15) is 15.4 Å². The largest absolute Gasteiger partial charge is 0.506 e. The number of nitrogens with zero attached hydrogens (tertiary/aromatic N) is 4. The third kappa shape index (κ3) is 3.48. The van der Waals surface area contributed by atoms with Gasteiger partial charge in [0.25, 0.3) is 0 Å². The van der Waals surface area contributed by atoms with Crippen LogP contribution < -0.4 is 0 Å². The van der Waals surface area contributed by atoms with Gasteiger partial charge in [-0.25, -0.2) is 0 Å². The molecular formula is C15H19N5O3. The van der Waals surface area contributed by atoms with Gasteiger partial charge in [0, 0.05) is 31.2 Å². The molecule has 122 valence electrons. The smallest absolute Gasteiger partial charge is 0.303 e. The molecule has 2 atom stereocenters. The van der Waals surface area contributed by atoms with Crippen molar-refractivity contribution in [3.63, 3.8) is 0 Å². The predicted molar refractivity (Wildman–Crippen MR) is 80.8 cm³/mol. The van der Waals surface area contributed by atoms with Gasteiger partial charge in [-0.15, -0.1) is 0 Å². The molecule has 3 rings (SSSR count). The number of aromatic amines is 1. The van der Waals surface area contributed by atoms with Crippen molar-refractivity contribution in [2.75, 3.05) is 13.1 Å². The van der Waals surface area contributed by atoms with Gasteiger partial charge in [0.2, 0.25) is 0 Å². The van der Waals surface area contributed by atoms with Crippen molar-refractivity contribution in [1.29, 1.82) is 0 Å². The summed E-state index contributed by atoms with van der Waals surface area (Å²) in [5.74, 6) is -0.682. The lowest BCUT2D eigenvalue weighted by atomic mass is 9.91. The van der Waals surface area contributed by atoms with Crippen molar-refractivity contribution in [3.05, 3.63) is 35.4 Å². The van der Waals surface area contributed by atoms with E-state index in [-0.39, 0.29) is 24.0 Å². The minimum Gasteiger partial charge on any atom is -0.506 e. The van der Waals surface area contributed by atoms with Crippen LogP contribution in [0.25, 0.3) is 0 Å². The van der Waals surface area contributed by atoms with Crippen LogP contribution in [-0.2, 0) is 11.3 Å². The maximum absolute atomic E-state index is 11.1. The summed E-state index contributed by atoms with van der Waals surface area (Å²) in [5, 5.41) is 29.6. The zero-order chi connectivity index (χ0) is 16.4. The zero-order valence-electron chi connectivity index (χ0n) is 12.8. The van der Waals surface area contributed by atoms with E-state index < -0.39 is 5.97 Å².